The van der Waals surface area contributed by atoms with Gasteiger partial charge >= 0.3 is 15.6 Å². The van der Waals surface area contributed by atoms with E-state index in [9.17, 15) is 21.6 Å². The molecule has 0 spiro atoms. The summed E-state index contributed by atoms with van der Waals surface area (Å²) in [5.41, 5.74) is -5.17. The summed E-state index contributed by atoms with van der Waals surface area (Å²) in [5, 5.41) is 3.19. The first kappa shape index (κ1) is 16.9. The second-order valence-corrected chi connectivity index (χ2v) is 6.79. The number of ether oxygens (including phenoxy) is 1. The quantitative estimate of drug-likeness (QED) is 0.673. The third-order valence-electron chi connectivity index (χ3n) is 3.03. The molecule has 1 aromatic carbocycles. The summed E-state index contributed by atoms with van der Waals surface area (Å²) in [6.45, 7) is 4.19. The minimum Gasteiger partial charge on any atom is -0.492 e. The van der Waals surface area contributed by atoms with Crippen LogP contribution in [0.1, 0.15) is 19.4 Å². The number of rotatable bonds is 4. The molecule has 1 atom stereocenters. The zero-order valence-corrected chi connectivity index (χ0v) is 12.8. The molecule has 1 aliphatic rings. The number of alkyl halides is 3. The Bertz CT molecular complexity index is 643. The van der Waals surface area contributed by atoms with Crippen molar-refractivity contribution in [3.8, 4) is 11.5 Å². The van der Waals surface area contributed by atoms with E-state index in [1.165, 1.54) is 12.1 Å². The fraction of sp³-hybridized carbons (Fsp3) is 0.538. The standard InChI is InChI=1S/C13H16F3NO4S/c1-8(2)17-9-6-10-11(20-7-9)4-3-5-12(10)21-22(18,19)13(14,15)16/h3-5,8-9,17H,6-7H2,1-2H3/t9-/m1/s1. The van der Waals surface area contributed by atoms with Crippen LogP contribution in [0.3, 0.4) is 0 Å². The zero-order chi connectivity index (χ0) is 16.5. The molecule has 0 saturated heterocycles. The van der Waals surface area contributed by atoms with Gasteiger partial charge in [-0.15, -0.1) is 0 Å². The highest BCUT2D eigenvalue weighted by Gasteiger charge is 2.49. The SMILES string of the molecule is CC(C)N[C@H]1COc2cccc(OS(=O)(=O)C(F)(F)F)c2C1. The maximum absolute atomic E-state index is 12.4. The van der Waals surface area contributed by atoms with Gasteiger partial charge in [-0.05, 0) is 18.6 Å². The first-order valence-electron chi connectivity index (χ1n) is 6.61. The van der Waals surface area contributed by atoms with Gasteiger partial charge in [-0.25, -0.2) is 0 Å². The molecule has 0 saturated carbocycles. The van der Waals surface area contributed by atoms with Gasteiger partial charge in [0.05, 0.1) is 0 Å². The molecule has 1 aliphatic heterocycles. The van der Waals surface area contributed by atoms with E-state index in [2.05, 4.69) is 9.50 Å². The van der Waals surface area contributed by atoms with Crippen molar-refractivity contribution in [2.45, 2.75) is 37.9 Å². The average Bonchev–Trinajstić information content (AvgIpc) is 2.37. The molecule has 9 heteroatoms. The van der Waals surface area contributed by atoms with Crippen LogP contribution >= 0.6 is 0 Å². The smallest absolute Gasteiger partial charge is 0.492 e. The summed E-state index contributed by atoms with van der Waals surface area (Å²) < 4.78 is 69.4. The molecule has 1 heterocycles. The molecule has 1 N–H and O–H groups in total. The molecular weight excluding hydrogens is 323 g/mol. The van der Waals surface area contributed by atoms with E-state index in [1.807, 2.05) is 13.8 Å². The predicted molar refractivity (Wildman–Crippen MR) is 73.3 cm³/mol. The molecule has 0 bridgehead atoms. The van der Waals surface area contributed by atoms with Gasteiger partial charge < -0.3 is 14.2 Å². The van der Waals surface area contributed by atoms with E-state index in [-0.39, 0.29) is 17.8 Å². The minimum atomic E-state index is -5.70. The molecule has 0 aliphatic carbocycles. The summed E-state index contributed by atoms with van der Waals surface area (Å²) in [7, 11) is -5.70. The van der Waals surface area contributed by atoms with Gasteiger partial charge in [0, 0.05) is 17.6 Å². The topological polar surface area (TPSA) is 64.6 Å². The highest BCUT2D eigenvalue weighted by atomic mass is 32.2. The van der Waals surface area contributed by atoms with Crippen LogP contribution in [0.4, 0.5) is 13.2 Å². The van der Waals surface area contributed by atoms with Crippen LogP contribution in [-0.4, -0.2) is 32.6 Å². The van der Waals surface area contributed by atoms with E-state index in [4.69, 9.17) is 4.74 Å². The fourth-order valence-corrected chi connectivity index (χ4v) is 2.69. The Kier molecular flexibility index (Phi) is 4.57. The van der Waals surface area contributed by atoms with Crippen molar-refractivity contribution in [1.82, 2.24) is 5.32 Å². The Morgan fingerprint density at radius 1 is 1.36 bits per heavy atom. The van der Waals surface area contributed by atoms with Crippen molar-refractivity contribution in [3.63, 3.8) is 0 Å². The van der Waals surface area contributed by atoms with Crippen LogP contribution < -0.4 is 14.2 Å². The Labute approximate surface area is 126 Å². The fourth-order valence-electron chi connectivity index (χ4n) is 2.20. The van der Waals surface area contributed by atoms with Crippen LogP contribution in [-0.2, 0) is 16.5 Å². The lowest BCUT2D eigenvalue weighted by atomic mass is 10.0. The van der Waals surface area contributed by atoms with Crippen molar-refractivity contribution in [2.75, 3.05) is 6.61 Å². The summed E-state index contributed by atoms with van der Waals surface area (Å²) in [6, 6.07) is 4.15. The second kappa shape index (κ2) is 5.96. The third-order valence-corrected chi connectivity index (χ3v) is 4.00. The van der Waals surface area contributed by atoms with Gasteiger partial charge in [0.1, 0.15) is 18.1 Å². The molecule has 2 rings (SSSR count). The van der Waals surface area contributed by atoms with Gasteiger partial charge in [0.15, 0.2) is 0 Å². The summed E-state index contributed by atoms with van der Waals surface area (Å²) >= 11 is 0. The first-order chi connectivity index (χ1) is 10.1. The lowest BCUT2D eigenvalue weighted by molar-refractivity contribution is -0.0500. The number of halogens is 3. The summed E-state index contributed by atoms with van der Waals surface area (Å²) in [4.78, 5) is 0. The van der Waals surface area contributed by atoms with Crippen LogP contribution in [0.2, 0.25) is 0 Å². The van der Waals surface area contributed by atoms with Gasteiger partial charge in [-0.3, -0.25) is 0 Å². The van der Waals surface area contributed by atoms with E-state index >= 15 is 0 Å². The van der Waals surface area contributed by atoms with Crippen LogP contribution in [0.5, 0.6) is 11.5 Å². The number of nitrogens with one attached hydrogen (secondary N) is 1. The molecule has 0 amide bonds. The van der Waals surface area contributed by atoms with E-state index in [0.717, 1.165) is 0 Å². The summed E-state index contributed by atoms with van der Waals surface area (Å²) in [5.74, 6) is -0.0261. The first-order valence-corrected chi connectivity index (χ1v) is 8.02. The molecule has 0 aromatic heterocycles. The molecule has 0 radical (unpaired) electrons. The normalized spacial score (nSPS) is 18.7. The van der Waals surface area contributed by atoms with E-state index in [1.54, 1.807) is 6.07 Å². The maximum atomic E-state index is 12.4. The van der Waals surface area contributed by atoms with Crippen molar-refractivity contribution in [1.29, 1.82) is 0 Å². The predicted octanol–water partition coefficient (Wildman–Crippen LogP) is 2.22. The Hall–Kier alpha value is -1.48. The Balaban J connectivity index is 2.29. The number of hydrogen-bond acceptors (Lipinski definition) is 5. The van der Waals surface area contributed by atoms with Crippen LogP contribution in [0, 0.1) is 0 Å². The van der Waals surface area contributed by atoms with Crippen molar-refractivity contribution in [2.24, 2.45) is 0 Å². The zero-order valence-electron chi connectivity index (χ0n) is 12.0. The Morgan fingerprint density at radius 3 is 2.64 bits per heavy atom. The van der Waals surface area contributed by atoms with Crippen LogP contribution in [0.15, 0.2) is 18.2 Å². The Morgan fingerprint density at radius 2 is 2.05 bits per heavy atom. The highest BCUT2D eigenvalue weighted by molar-refractivity contribution is 7.88. The van der Waals surface area contributed by atoms with Gasteiger partial charge in [-0.2, -0.15) is 21.6 Å². The van der Waals surface area contributed by atoms with Crippen LogP contribution in [0.25, 0.3) is 0 Å². The molecular formula is C13H16F3NO4S. The van der Waals surface area contributed by atoms with Crippen molar-refractivity contribution in [3.05, 3.63) is 23.8 Å². The lowest BCUT2D eigenvalue weighted by Gasteiger charge is -2.28. The van der Waals surface area contributed by atoms with Crippen molar-refractivity contribution < 1.29 is 30.5 Å². The molecule has 5 nitrogen and oxygen atoms in total. The maximum Gasteiger partial charge on any atom is 0.534 e. The minimum absolute atomic E-state index is 0.133. The summed E-state index contributed by atoms with van der Waals surface area (Å²) in [6.07, 6.45) is 0.317. The average molecular weight is 339 g/mol. The van der Waals surface area contributed by atoms with E-state index < -0.39 is 15.6 Å². The number of hydrogen-bond donors (Lipinski definition) is 1. The van der Waals surface area contributed by atoms with Crippen molar-refractivity contribution >= 4 is 10.1 Å². The second-order valence-electron chi connectivity index (χ2n) is 5.25. The number of benzene rings is 1. The molecule has 1 aromatic rings. The van der Waals surface area contributed by atoms with Gasteiger partial charge in [0.2, 0.25) is 0 Å². The molecule has 0 fully saturated rings. The van der Waals surface area contributed by atoms with Gasteiger partial charge in [0.25, 0.3) is 0 Å². The van der Waals surface area contributed by atoms with E-state index in [0.29, 0.717) is 24.3 Å². The molecule has 124 valence electrons. The van der Waals surface area contributed by atoms with Gasteiger partial charge in [-0.1, -0.05) is 19.9 Å². The third kappa shape index (κ3) is 3.64. The molecule has 0 unspecified atom stereocenters. The molecule has 22 heavy (non-hydrogen) atoms. The highest BCUT2D eigenvalue weighted by Crippen LogP contribution is 2.36. The lowest BCUT2D eigenvalue weighted by Crippen LogP contribution is -2.43. The monoisotopic (exact) mass is 339 g/mol. The largest absolute Gasteiger partial charge is 0.534 e. The number of fused-ring (bicyclic) bond motifs is 1.